The van der Waals surface area contributed by atoms with E-state index in [0.717, 1.165) is 13.1 Å². The van der Waals surface area contributed by atoms with Crippen molar-refractivity contribution < 1.29 is 0 Å². The van der Waals surface area contributed by atoms with Crippen molar-refractivity contribution in [3.8, 4) is 0 Å². The van der Waals surface area contributed by atoms with Gasteiger partial charge in [-0.1, -0.05) is 41.5 Å². The molecular formula is C14H27N3. The summed E-state index contributed by atoms with van der Waals surface area (Å²) in [5.41, 5.74) is 1.57. The molecule has 0 aliphatic heterocycles. The van der Waals surface area contributed by atoms with Crippen LogP contribution in [0.25, 0.3) is 0 Å². The summed E-state index contributed by atoms with van der Waals surface area (Å²) in [4.78, 5) is 4.27. The van der Waals surface area contributed by atoms with Crippen molar-refractivity contribution >= 4 is 0 Å². The summed E-state index contributed by atoms with van der Waals surface area (Å²) in [6, 6.07) is 0.511. The number of hydrogen-bond acceptors (Lipinski definition) is 2. The van der Waals surface area contributed by atoms with E-state index in [9.17, 15) is 0 Å². The molecule has 0 spiro atoms. The van der Waals surface area contributed by atoms with Gasteiger partial charge in [0.05, 0.1) is 12.0 Å². The van der Waals surface area contributed by atoms with Gasteiger partial charge >= 0.3 is 0 Å². The monoisotopic (exact) mass is 237 g/mol. The molecule has 0 amide bonds. The highest BCUT2D eigenvalue weighted by Crippen LogP contribution is 2.28. The van der Waals surface area contributed by atoms with E-state index in [-0.39, 0.29) is 0 Å². The molecule has 0 aromatic carbocycles. The molecule has 0 unspecified atom stereocenters. The quantitative estimate of drug-likeness (QED) is 0.824. The average molecular weight is 237 g/mol. The van der Waals surface area contributed by atoms with Gasteiger partial charge in [0.25, 0.3) is 0 Å². The lowest BCUT2D eigenvalue weighted by Crippen LogP contribution is -2.28. The van der Waals surface area contributed by atoms with Gasteiger partial charge in [0.1, 0.15) is 0 Å². The topological polar surface area (TPSA) is 29.9 Å². The van der Waals surface area contributed by atoms with Crippen LogP contribution in [-0.4, -0.2) is 15.6 Å². The molecule has 1 aromatic rings. The summed E-state index contributed by atoms with van der Waals surface area (Å²) in [6.07, 6.45) is 3.91. The van der Waals surface area contributed by atoms with E-state index >= 15 is 0 Å². The van der Waals surface area contributed by atoms with Gasteiger partial charge in [-0.05, 0) is 11.3 Å². The van der Waals surface area contributed by atoms with Crippen LogP contribution in [0.15, 0.2) is 12.5 Å². The van der Waals surface area contributed by atoms with E-state index in [0.29, 0.717) is 17.4 Å². The molecule has 0 saturated carbocycles. The van der Waals surface area contributed by atoms with Crippen LogP contribution < -0.4 is 5.32 Å². The summed E-state index contributed by atoms with van der Waals surface area (Å²) in [6.45, 7) is 15.4. The first-order chi connectivity index (χ1) is 7.83. The van der Waals surface area contributed by atoms with Crippen molar-refractivity contribution in [1.82, 2.24) is 14.9 Å². The van der Waals surface area contributed by atoms with Crippen molar-refractivity contribution in [2.24, 2.45) is 11.3 Å². The van der Waals surface area contributed by atoms with E-state index in [1.165, 1.54) is 5.69 Å². The van der Waals surface area contributed by atoms with Crippen molar-refractivity contribution in [3.05, 3.63) is 18.2 Å². The minimum atomic E-state index is 0.299. The van der Waals surface area contributed by atoms with E-state index in [4.69, 9.17) is 0 Å². The maximum absolute atomic E-state index is 4.27. The number of hydrogen-bond donors (Lipinski definition) is 1. The summed E-state index contributed by atoms with van der Waals surface area (Å²) < 4.78 is 2.27. The Bertz CT molecular complexity index is 337. The molecule has 0 radical (unpaired) electrons. The number of nitrogens with one attached hydrogen (secondary N) is 1. The fourth-order valence-corrected chi connectivity index (χ4v) is 1.57. The highest BCUT2D eigenvalue weighted by Gasteiger charge is 2.23. The Balaban J connectivity index is 2.69. The van der Waals surface area contributed by atoms with Crippen LogP contribution in [0, 0.1) is 11.3 Å². The normalized spacial score (nSPS) is 12.7. The standard InChI is InChI=1S/C14H27N3/c1-11(2)14(5,6)9-17-10-15-7-13(17)8-16-12(3)4/h7,10-12,16H,8-9H2,1-6H3. The third-order valence-corrected chi connectivity index (χ3v) is 3.63. The molecule has 3 nitrogen and oxygen atoms in total. The second-order valence-electron chi connectivity index (χ2n) is 6.19. The molecule has 1 aromatic heterocycles. The molecule has 1 rings (SSSR count). The Morgan fingerprint density at radius 1 is 1.29 bits per heavy atom. The zero-order valence-electron chi connectivity index (χ0n) is 12.1. The molecule has 98 valence electrons. The first-order valence-corrected chi connectivity index (χ1v) is 6.55. The number of aromatic nitrogens is 2. The van der Waals surface area contributed by atoms with Gasteiger partial charge in [-0.25, -0.2) is 4.98 Å². The maximum Gasteiger partial charge on any atom is 0.0948 e. The Kier molecular flexibility index (Phi) is 4.75. The largest absolute Gasteiger partial charge is 0.333 e. The summed E-state index contributed by atoms with van der Waals surface area (Å²) in [7, 11) is 0. The van der Waals surface area contributed by atoms with Crippen molar-refractivity contribution in [2.45, 2.75) is 60.7 Å². The van der Waals surface area contributed by atoms with Gasteiger partial charge < -0.3 is 9.88 Å². The second kappa shape index (κ2) is 5.67. The molecule has 0 fully saturated rings. The average Bonchev–Trinajstić information content (AvgIpc) is 2.61. The Morgan fingerprint density at radius 3 is 2.47 bits per heavy atom. The fraction of sp³-hybridized carbons (Fsp3) is 0.786. The van der Waals surface area contributed by atoms with Crippen molar-refractivity contribution in [3.63, 3.8) is 0 Å². The molecule has 0 aliphatic carbocycles. The molecule has 17 heavy (non-hydrogen) atoms. The highest BCUT2D eigenvalue weighted by molar-refractivity contribution is 4.99. The van der Waals surface area contributed by atoms with E-state index in [1.807, 2.05) is 12.5 Å². The second-order valence-corrected chi connectivity index (χ2v) is 6.19. The van der Waals surface area contributed by atoms with Crippen LogP contribution in [0.3, 0.4) is 0 Å². The predicted octanol–water partition coefficient (Wildman–Crippen LogP) is 3.06. The zero-order chi connectivity index (χ0) is 13.1. The summed E-state index contributed by atoms with van der Waals surface area (Å²) in [5, 5.41) is 3.44. The minimum absolute atomic E-state index is 0.299. The van der Waals surface area contributed by atoms with Gasteiger partial charge in [-0.3, -0.25) is 0 Å². The minimum Gasteiger partial charge on any atom is -0.333 e. The van der Waals surface area contributed by atoms with Crippen LogP contribution in [0.1, 0.15) is 47.2 Å². The van der Waals surface area contributed by atoms with Crippen molar-refractivity contribution in [1.29, 1.82) is 0 Å². The smallest absolute Gasteiger partial charge is 0.0948 e. The number of imidazole rings is 1. The SMILES string of the molecule is CC(C)NCc1cncn1CC(C)(C)C(C)C. The first-order valence-electron chi connectivity index (χ1n) is 6.55. The predicted molar refractivity (Wildman–Crippen MR) is 72.8 cm³/mol. The molecule has 1 heterocycles. The zero-order valence-corrected chi connectivity index (χ0v) is 12.1. The molecular weight excluding hydrogens is 210 g/mol. The van der Waals surface area contributed by atoms with Gasteiger partial charge in [-0.15, -0.1) is 0 Å². The summed E-state index contributed by atoms with van der Waals surface area (Å²) in [5.74, 6) is 0.663. The highest BCUT2D eigenvalue weighted by atomic mass is 15.1. The van der Waals surface area contributed by atoms with Crippen LogP contribution in [0.4, 0.5) is 0 Å². The molecule has 0 saturated heterocycles. The fourth-order valence-electron chi connectivity index (χ4n) is 1.57. The molecule has 0 bridgehead atoms. The first kappa shape index (κ1) is 14.2. The van der Waals surface area contributed by atoms with Gasteiger partial charge in [-0.2, -0.15) is 0 Å². The van der Waals surface area contributed by atoms with Crippen molar-refractivity contribution in [2.75, 3.05) is 0 Å². The van der Waals surface area contributed by atoms with Crippen LogP contribution in [-0.2, 0) is 13.1 Å². The van der Waals surface area contributed by atoms with Gasteiger partial charge in [0.2, 0.25) is 0 Å². The van der Waals surface area contributed by atoms with Crippen LogP contribution >= 0.6 is 0 Å². The van der Waals surface area contributed by atoms with Gasteiger partial charge in [0, 0.05) is 25.3 Å². The molecule has 1 N–H and O–H groups in total. The molecule has 3 heteroatoms. The lowest BCUT2D eigenvalue weighted by molar-refractivity contribution is 0.207. The lowest BCUT2D eigenvalue weighted by atomic mass is 9.81. The maximum atomic E-state index is 4.27. The van der Waals surface area contributed by atoms with Gasteiger partial charge in [0.15, 0.2) is 0 Å². The third kappa shape index (κ3) is 4.15. The Morgan fingerprint density at radius 2 is 1.94 bits per heavy atom. The Labute approximate surface area is 106 Å². The number of nitrogens with zero attached hydrogens (tertiary/aromatic N) is 2. The Hall–Kier alpha value is -0.830. The molecule has 0 aliphatic rings. The summed E-state index contributed by atoms with van der Waals surface area (Å²) >= 11 is 0. The van der Waals surface area contributed by atoms with E-state index in [1.54, 1.807) is 0 Å². The van der Waals surface area contributed by atoms with E-state index in [2.05, 4.69) is 56.4 Å². The molecule has 0 atom stereocenters. The van der Waals surface area contributed by atoms with Crippen LogP contribution in [0.2, 0.25) is 0 Å². The van der Waals surface area contributed by atoms with E-state index < -0.39 is 0 Å². The lowest BCUT2D eigenvalue weighted by Gasteiger charge is -2.30. The van der Waals surface area contributed by atoms with Crippen LogP contribution in [0.5, 0.6) is 0 Å². The third-order valence-electron chi connectivity index (χ3n) is 3.63. The number of rotatable bonds is 6.